The Balaban J connectivity index is 2.58. The van der Waals surface area contributed by atoms with E-state index in [1.165, 1.54) is 5.69 Å². The molecular weight excluding hydrogens is 226 g/mol. The maximum absolute atomic E-state index is 9.34. The van der Waals surface area contributed by atoms with Gasteiger partial charge < -0.3 is 10.4 Å². The number of nitrogens with one attached hydrogen (secondary N) is 1. The number of aliphatic hydroxyl groups excluding tert-OH is 1. The molecular formula is C14H27N3O. The first-order valence-corrected chi connectivity index (χ1v) is 7.03. The van der Waals surface area contributed by atoms with E-state index >= 15 is 0 Å². The van der Waals surface area contributed by atoms with Crippen molar-refractivity contribution in [1.82, 2.24) is 15.1 Å². The van der Waals surface area contributed by atoms with Gasteiger partial charge in [-0.2, -0.15) is 5.10 Å². The lowest BCUT2D eigenvalue weighted by molar-refractivity contribution is 0.222. The molecule has 0 aromatic carbocycles. The molecule has 0 bridgehead atoms. The summed E-state index contributed by atoms with van der Waals surface area (Å²) >= 11 is 0. The number of aryl methyl sites for hydroxylation is 3. The third-order valence-electron chi connectivity index (χ3n) is 3.12. The molecule has 0 saturated carbocycles. The molecule has 0 fully saturated rings. The van der Waals surface area contributed by atoms with Crippen molar-refractivity contribution in [3.63, 3.8) is 0 Å². The summed E-state index contributed by atoms with van der Waals surface area (Å²) in [5, 5.41) is 17.3. The highest BCUT2D eigenvalue weighted by atomic mass is 16.3. The van der Waals surface area contributed by atoms with Gasteiger partial charge in [-0.25, -0.2) is 0 Å². The second-order valence-electron chi connectivity index (χ2n) is 5.05. The Morgan fingerprint density at radius 2 is 2.06 bits per heavy atom. The molecule has 0 aliphatic rings. The predicted molar refractivity (Wildman–Crippen MR) is 74.7 cm³/mol. The highest BCUT2D eigenvalue weighted by Gasteiger charge is 2.11. The van der Waals surface area contributed by atoms with Gasteiger partial charge in [-0.05, 0) is 25.3 Å². The first kappa shape index (κ1) is 15.2. The number of hydrogen-bond acceptors (Lipinski definition) is 3. The van der Waals surface area contributed by atoms with Crippen LogP contribution in [0.1, 0.15) is 45.5 Å². The fourth-order valence-electron chi connectivity index (χ4n) is 2.14. The molecule has 1 unspecified atom stereocenters. The Hall–Kier alpha value is -0.870. The minimum absolute atomic E-state index is 0.156. The van der Waals surface area contributed by atoms with Crippen LogP contribution in [0.25, 0.3) is 0 Å². The van der Waals surface area contributed by atoms with Crippen LogP contribution < -0.4 is 5.32 Å². The molecule has 0 aliphatic heterocycles. The molecule has 0 aliphatic carbocycles. The zero-order valence-electron chi connectivity index (χ0n) is 12.1. The second-order valence-corrected chi connectivity index (χ2v) is 5.05. The first-order valence-electron chi connectivity index (χ1n) is 7.03. The number of aliphatic hydroxyl groups is 1. The van der Waals surface area contributed by atoms with Crippen molar-refractivity contribution in [3.8, 4) is 0 Å². The monoisotopic (exact) mass is 253 g/mol. The third kappa shape index (κ3) is 4.42. The molecule has 1 aromatic heterocycles. The number of nitrogens with zero attached hydrogens (tertiary/aromatic N) is 2. The summed E-state index contributed by atoms with van der Waals surface area (Å²) in [5.74, 6) is 0. The van der Waals surface area contributed by atoms with Gasteiger partial charge in [0.15, 0.2) is 0 Å². The summed E-state index contributed by atoms with van der Waals surface area (Å²) in [5.41, 5.74) is 2.44. The van der Waals surface area contributed by atoms with E-state index < -0.39 is 0 Å². The molecule has 0 radical (unpaired) electrons. The van der Waals surface area contributed by atoms with Crippen LogP contribution in [-0.4, -0.2) is 33.6 Å². The van der Waals surface area contributed by atoms with Crippen LogP contribution in [0.15, 0.2) is 6.07 Å². The molecule has 1 aromatic rings. The van der Waals surface area contributed by atoms with Gasteiger partial charge in [-0.1, -0.05) is 27.7 Å². The molecule has 104 valence electrons. The first-order chi connectivity index (χ1) is 8.60. The summed E-state index contributed by atoms with van der Waals surface area (Å²) in [7, 11) is 0. The van der Waals surface area contributed by atoms with Crippen molar-refractivity contribution < 1.29 is 5.11 Å². The Bertz CT molecular complexity index is 347. The van der Waals surface area contributed by atoms with E-state index in [9.17, 15) is 5.11 Å². The summed E-state index contributed by atoms with van der Waals surface area (Å²) in [4.78, 5) is 0. The van der Waals surface area contributed by atoms with E-state index in [0.717, 1.165) is 31.5 Å². The van der Waals surface area contributed by atoms with Crippen LogP contribution in [0.3, 0.4) is 0 Å². The minimum atomic E-state index is 0.156. The van der Waals surface area contributed by atoms with Crippen LogP contribution >= 0.6 is 0 Å². The highest BCUT2D eigenvalue weighted by Crippen LogP contribution is 2.08. The van der Waals surface area contributed by atoms with Gasteiger partial charge in [-0.15, -0.1) is 0 Å². The Morgan fingerprint density at radius 1 is 1.33 bits per heavy atom. The van der Waals surface area contributed by atoms with Crippen LogP contribution in [-0.2, 0) is 19.4 Å². The van der Waals surface area contributed by atoms with Crippen molar-refractivity contribution in [2.24, 2.45) is 0 Å². The van der Waals surface area contributed by atoms with Crippen molar-refractivity contribution in [2.75, 3.05) is 6.61 Å². The summed E-state index contributed by atoms with van der Waals surface area (Å²) in [6.45, 7) is 9.54. The quantitative estimate of drug-likeness (QED) is 0.742. The lowest BCUT2D eigenvalue weighted by atomic mass is 10.2. The van der Waals surface area contributed by atoms with Crippen molar-refractivity contribution in [3.05, 3.63) is 17.5 Å². The average molecular weight is 253 g/mol. The lowest BCUT2D eigenvalue weighted by Crippen LogP contribution is -2.38. The number of aromatic nitrogens is 2. The van der Waals surface area contributed by atoms with Gasteiger partial charge in [0.2, 0.25) is 0 Å². The average Bonchev–Trinajstić information content (AvgIpc) is 2.76. The molecule has 4 nitrogen and oxygen atoms in total. The molecule has 1 heterocycles. The molecule has 0 amide bonds. The van der Waals surface area contributed by atoms with E-state index in [2.05, 4.69) is 48.9 Å². The van der Waals surface area contributed by atoms with Gasteiger partial charge in [0.05, 0.1) is 12.3 Å². The summed E-state index contributed by atoms with van der Waals surface area (Å²) < 4.78 is 2.09. The normalized spacial score (nSPS) is 13.2. The van der Waals surface area contributed by atoms with Crippen LogP contribution in [0.4, 0.5) is 0 Å². The third-order valence-corrected chi connectivity index (χ3v) is 3.12. The van der Waals surface area contributed by atoms with E-state index in [1.807, 2.05) is 0 Å². The topological polar surface area (TPSA) is 50.1 Å². The largest absolute Gasteiger partial charge is 0.395 e. The number of rotatable bonds is 8. The number of hydrogen-bond donors (Lipinski definition) is 2. The SMILES string of the molecule is CCc1cc(CC)n(CCC(CO)NC(C)C)n1. The van der Waals surface area contributed by atoms with Crippen molar-refractivity contribution >= 4 is 0 Å². The van der Waals surface area contributed by atoms with Gasteiger partial charge in [0.1, 0.15) is 0 Å². The highest BCUT2D eigenvalue weighted by molar-refractivity contribution is 5.10. The maximum Gasteiger partial charge on any atom is 0.0624 e. The summed E-state index contributed by atoms with van der Waals surface area (Å²) in [6.07, 6.45) is 2.90. The van der Waals surface area contributed by atoms with Gasteiger partial charge in [-0.3, -0.25) is 4.68 Å². The molecule has 0 spiro atoms. The Morgan fingerprint density at radius 3 is 2.56 bits per heavy atom. The molecule has 1 rings (SSSR count). The van der Waals surface area contributed by atoms with Crippen molar-refractivity contribution in [2.45, 2.75) is 65.6 Å². The van der Waals surface area contributed by atoms with E-state index in [0.29, 0.717) is 6.04 Å². The van der Waals surface area contributed by atoms with Crippen LogP contribution in [0.2, 0.25) is 0 Å². The van der Waals surface area contributed by atoms with Crippen LogP contribution in [0.5, 0.6) is 0 Å². The molecule has 4 heteroatoms. The predicted octanol–water partition coefficient (Wildman–Crippen LogP) is 1.76. The molecule has 18 heavy (non-hydrogen) atoms. The maximum atomic E-state index is 9.34. The molecule has 1 atom stereocenters. The zero-order valence-corrected chi connectivity index (χ0v) is 12.1. The van der Waals surface area contributed by atoms with Gasteiger partial charge in [0.25, 0.3) is 0 Å². The van der Waals surface area contributed by atoms with E-state index in [1.54, 1.807) is 0 Å². The Kier molecular flexibility index (Phi) is 6.36. The molecule has 0 saturated heterocycles. The summed E-state index contributed by atoms with van der Waals surface area (Å²) in [6, 6.07) is 2.74. The van der Waals surface area contributed by atoms with Crippen LogP contribution in [0, 0.1) is 0 Å². The fourth-order valence-corrected chi connectivity index (χ4v) is 2.14. The van der Waals surface area contributed by atoms with Gasteiger partial charge >= 0.3 is 0 Å². The van der Waals surface area contributed by atoms with E-state index in [4.69, 9.17) is 0 Å². The standard InChI is InChI=1S/C14H27N3O/c1-5-12-9-14(6-2)17(16-12)8-7-13(10-18)15-11(3)4/h9,11,13,15,18H,5-8,10H2,1-4H3. The smallest absolute Gasteiger partial charge is 0.0624 e. The lowest BCUT2D eigenvalue weighted by Gasteiger charge is -2.19. The van der Waals surface area contributed by atoms with E-state index in [-0.39, 0.29) is 12.6 Å². The molecule has 2 N–H and O–H groups in total. The minimum Gasteiger partial charge on any atom is -0.395 e. The van der Waals surface area contributed by atoms with Crippen molar-refractivity contribution in [1.29, 1.82) is 0 Å². The Labute approximate surface area is 110 Å². The second kappa shape index (κ2) is 7.54. The fraction of sp³-hybridized carbons (Fsp3) is 0.786. The zero-order chi connectivity index (χ0) is 13.5. The van der Waals surface area contributed by atoms with Gasteiger partial charge in [0, 0.05) is 24.3 Å².